The number of amides is 2. The van der Waals surface area contributed by atoms with Crippen molar-refractivity contribution in [3.63, 3.8) is 0 Å². The lowest BCUT2D eigenvalue weighted by molar-refractivity contribution is 0.0697. The average molecular weight is 307 g/mol. The van der Waals surface area contributed by atoms with Gasteiger partial charge in [-0.25, -0.2) is 9.59 Å². The Morgan fingerprint density at radius 3 is 2.71 bits per heavy atom. The predicted molar refractivity (Wildman–Crippen MR) is 78.9 cm³/mol. The number of aromatic carboxylic acids is 1. The number of aromatic amines is 1. The van der Waals surface area contributed by atoms with Gasteiger partial charge in [-0.15, -0.1) is 0 Å². The second kappa shape index (κ2) is 6.23. The van der Waals surface area contributed by atoms with Crippen LogP contribution in [-0.2, 0) is 6.54 Å². The van der Waals surface area contributed by atoms with Gasteiger partial charge in [-0.1, -0.05) is 11.3 Å². The van der Waals surface area contributed by atoms with Crippen molar-refractivity contribution in [1.29, 1.82) is 0 Å². The van der Waals surface area contributed by atoms with Gasteiger partial charge in [0.25, 0.3) is 0 Å². The lowest BCUT2D eigenvalue weighted by Crippen LogP contribution is -2.28. The molecule has 0 spiro atoms. The molecule has 1 heterocycles. The standard InChI is InChI=1S/C13H13N3O4S/c1-7-4-8(11(17)18)2-3-10(7)16-12(19)14-5-9-6-21-13(20)15-9/h2-4,6H,5H2,1H3,(H,15,20)(H,17,18)(H2,14,16,19). The van der Waals surface area contributed by atoms with Gasteiger partial charge < -0.3 is 20.7 Å². The molecule has 1 aromatic heterocycles. The second-order valence-electron chi connectivity index (χ2n) is 4.32. The maximum Gasteiger partial charge on any atom is 0.335 e. The van der Waals surface area contributed by atoms with E-state index in [1.54, 1.807) is 12.3 Å². The Bertz CT molecular complexity index is 735. The first kappa shape index (κ1) is 14.8. The Kier molecular flexibility index (Phi) is 4.39. The molecule has 0 aliphatic carbocycles. The van der Waals surface area contributed by atoms with E-state index in [4.69, 9.17) is 5.11 Å². The molecule has 4 N–H and O–H groups in total. The van der Waals surface area contributed by atoms with Crippen molar-refractivity contribution in [3.8, 4) is 0 Å². The molecule has 0 unspecified atom stereocenters. The van der Waals surface area contributed by atoms with E-state index in [-0.39, 0.29) is 17.0 Å². The number of aromatic nitrogens is 1. The molecule has 0 bridgehead atoms. The van der Waals surface area contributed by atoms with Crippen LogP contribution >= 0.6 is 11.3 Å². The van der Waals surface area contributed by atoms with Gasteiger partial charge in [-0.05, 0) is 30.7 Å². The number of benzene rings is 1. The highest BCUT2D eigenvalue weighted by atomic mass is 32.1. The van der Waals surface area contributed by atoms with Crippen molar-refractivity contribution in [2.24, 2.45) is 0 Å². The molecule has 0 radical (unpaired) electrons. The van der Waals surface area contributed by atoms with E-state index in [1.165, 1.54) is 18.2 Å². The summed E-state index contributed by atoms with van der Waals surface area (Å²) in [5.74, 6) is -1.02. The number of H-pyrrole nitrogens is 1. The number of carboxylic acids is 1. The summed E-state index contributed by atoms with van der Waals surface area (Å²) in [4.78, 5) is 35.9. The molecule has 2 aromatic rings. The molecule has 0 aliphatic heterocycles. The third kappa shape index (κ3) is 3.93. The lowest BCUT2D eigenvalue weighted by Gasteiger charge is -2.10. The first-order valence-corrected chi connectivity index (χ1v) is 6.89. The number of carbonyl (C=O) groups excluding carboxylic acids is 1. The number of anilines is 1. The minimum atomic E-state index is -1.02. The summed E-state index contributed by atoms with van der Waals surface area (Å²) in [6, 6.07) is 3.99. The zero-order valence-corrected chi connectivity index (χ0v) is 11.9. The third-order valence-electron chi connectivity index (χ3n) is 2.73. The Morgan fingerprint density at radius 2 is 2.14 bits per heavy atom. The van der Waals surface area contributed by atoms with Crippen LogP contribution in [0, 0.1) is 6.92 Å². The summed E-state index contributed by atoms with van der Waals surface area (Å²) in [5, 5.41) is 15.7. The van der Waals surface area contributed by atoms with E-state index >= 15 is 0 Å². The molecule has 0 saturated carbocycles. The number of carbonyl (C=O) groups is 2. The number of thiazole rings is 1. The van der Waals surface area contributed by atoms with Crippen LogP contribution in [0.2, 0.25) is 0 Å². The van der Waals surface area contributed by atoms with Gasteiger partial charge in [0.1, 0.15) is 0 Å². The monoisotopic (exact) mass is 307 g/mol. The molecule has 0 fully saturated rings. The van der Waals surface area contributed by atoms with Crippen LogP contribution in [0.1, 0.15) is 21.6 Å². The Labute approximate surface area is 123 Å². The molecule has 110 valence electrons. The van der Waals surface area contributed by atoms with Crippen LogP contribution in [0.3, 0.4) is 0 Å². The lowest BCUT2D eigenvalue weighted by atomic mass is 10.1. The summed E-state index contributed by atoms with van der Waals surface area (Å²) in [7, 11) is 0. The first-order valence-electron chi connectivity index (χ1n) is 6.01. The van der Waals surface area contributed by atoms with Crippen LogP contribution in [0.5, 0.6) is 0 Å². The van der Waals surface area contributed by atoms with Gasteiger partial charge in [0.15, 0.2) is 0 Å². The van der Waals surface area contributed by atoms with E-state index in [2.05, 4.69) is 15.6 Å². The number of carboxylic acid groups (broad SMARTS) is 1. The largest absolute Gasteiger partial charge is 0.478 e. The zero-order valence-electron chi connectivity index (χ0n) is 11.1. The van der Waals surface area contributed by atoms with E-state index in [9.17, 15) is 14.4 Å². The number of urea groups is 1. The van der Waals surface area contributed by atoms with E-state index in [0.29, 0.717) is 16.9 Å². The van der Waals surface area contributed by atoms with Crippen molar-refractivity contribution in [1.82, 2.24) is 10.3 Å². The number of hydrogen-bond acceptors (Lipinski definition) is 4. The number of hydrogen-bond donors (Lipinski definition) is 4. The maximum atomic E-state index is 11.7. The van der Waals surface area contributed by atoms with Crippen molar-refractivity contribution < 1.29 is 14.7 Å². The van der Waals surface area contributed by atoms with E-state index < -0.39 is 12.0 Å². The van der Waals surface area contributed by atoms with Gasteiger partial charge in [0.2, 0.25) is 0 Å². The SMILES string of the molecule is Cc1cc(C(=O)O)ccc1NC(=O)NCc1csc(=O)[nH]1. The van der Waals surface area contributed by atoms with Gasteiger partial charge in [0.05, 0.1) is 12.1 Å². The quantitative estimate of drug-likeness (QED) is 0.689. The molecule has 7 nitrogen and oxygen atoms in total. The fraction of sp³-hybridized carbons (Fsp3) is 0.154. The highest BCUT2D eigenvalue weighted by molar-refractivity contribution is 7.07. The maximum absolute atomic E-state index is 11.7. The molecule has 1 aromatic carbocycles. The van der Waals surface area contributed by atoms with Crippen molar-refractivity contribution in [2.75, 3.05) is 5.32 Å². The van der Waals surface area contributed by atoms with Crippen LogP contribution < -0.4 is 15.5 Å². The van der Waals surface area contributed by atoms with Gasteiger partial charge in [0, 0.05) is 16.8 Å². The summed E-state index contributed by atoms with van der Waals surface area (Å²) >= 11 is 1.03. The average Bonchev–Trinajstić information content (AvgIpc) is 2.84. The minimum absolute atomic E-state index is 0.161. The van der Waals surface area contributed by atoms with Crippen molar-refractivity contribution in [3.05, 3.63) is 50.1 Å². The predicted octanol–water partition coefficient (Wildman–Crippen LogP) is 1.76. The van der Waals surface area contributed by atoms with Crippen LogP contribution in [0.4, 0.5) is 10.5 Å². The fourth-order valence-electron chi connectivity index (χ4n) is 1.68. The summed E-state index contributed by atoms with van der Waals surface area (Å²) in [5.41, 5.74) is 1.96. The van der Waals surface area contributed by atoms with Gasteiger partial charge in [-0.2, -0.15) is 0 Å². The van der Waals surface area contributed by atoms with Crippen LogP contribution in [-0.4, -0.2) is 22.1 Å². The van der Waals surface area contributed by atoms with Crippen LogP contribution in [0.25, 0.3) is 0 Å². The fourth-order valence-corrected chi connectivity index (χ4v) is 2.26. The molecular formula is C13H13N3O4S. The molecular weight excluding hydrogens is 294 g/mol. The summed E-state index contributed by atoms with van der Waals surface area (Å²) in [6.45, 7) is 1.91. The number of rotatable bonds is 4. The Balaban J connectivity index is 1.96. The van der Waals surface area contributed by atoms with E-state index in [1.807, 2.05) is 0 Å². The van der Waals surface area contributed by atoms with Crippen LogP contribution in [0.15, 0.2) is 28.4 Å². The van der Waals surface area contributed by atoms with E-state index in [0.717, 1.165) is 11.3 Å². The topological polar surface area (TPSA) is 111 Å². The smallest absolute Gasteiger partial charge is 0.335 e. The highest BCUT2D eigenvalue weighted by Crippen LogP contribution is 2.16. The highest BCUT2D eigenvalue weighted by Gasteiger charge is 2.08. The molecule has 2 rings (SSSR count). The zero-order chi connectivity index (χ0) is 15.4. The third-order valence-corrected chi connectivity index (χ3v) is 3.45. The minimum Gasteiger partial charge on any atom is -0.478 e. The molecule has 0 aliphatic rings. The second-order valence-corrected chi connectivity index (χ2v) is 5.16. The van der Waals surface area contributed by atoms with Gasteiger partial charge >= 0.3 is 16.9 Å². The number of nitrogens with one attached hydrogen (secondary N) is 3. The van der Waals surface area contributed by atoms with Crippen molar-refractivity contribution >= 4 is 29.0 Å². The molecule has 0 saturated heterocycles. The normalized spacial score (nSPS) is 10.1. The summed E-state index contributed by atoms with van der Waals surface area (Å²) < 4.78 is 0. The molecule has 8 heteroatoms. The summed E-state index contributed by atoms with van der Waals surface area (Å²) in [6.07, 6.45) is 0. The number of aryl methyl sites for hydroxylation is 1. The molecule has 2 amide bonds. The van der Waals surface area contributed by atoms with Gasteiger partial charge in [-0.3, -0.25) is 4.79 Å². The Hall–Kier alpha value is -2.61. The Morgan fingerprint density at radius 1 is 1.38 bits per heavy atom. The molecule has 21 heavy (non-hydrogen) atoms. The van der Waals surface area contributed by atoms with Crippen molar-refractivity contribution in [2.45, 2.75) is 13.5 Å². The molecule has 0 atom stereocenters. The first-order chi connectivity index (χ1) is 9.95.